The first kappa shape index (κ1) is 11.1. The van der Waals surface area contributed by atoms with Crippen molar-refractivity contribution in [3.63, 3.8) is 0 Å². The zero-order chi connectivity index (χ0) is 12.5. The Morgan fingerprint density at radius 2 is 1.89 bits per heavy atom. The summed E-state index contributed by atoms with van der Waals surface area (Å²) >= 11 is 0. The maximum absolute atomic E-state index is 10.5. The van der Waals surface area contributed by atoms with E-state index in [0.29, 0.717) is 0 Å². The lowest BCUT2D eigenvalue weighted by molar-refractivity contribution is 0.222. The minimum Gasteiger partial charge on any atom is -0.384 e. The second-order valence-corrected chi connectivity index (χ2v) is 4.60. The van der Waals surface area contributed by atoms with Gasteiger partial charge in [-0.15, -0.1) is 0 Å². The zero-order valence-corrected chi connectivity index (χ0v) is 10.2. The molecule has 0 aliphatic rings. The van der Waals surface area contributed by atoms with Crippen LogP contribution in [0.3, 0.4) is 0 Å². The van der Waals surface area contributed by atoms with Crippen molar-refractivity contribution in [2.45, 2.75) is 13.0 Å². The molecule has 18 heavy (non-hydrogen) atoms. The normalized spacial score (nSPS) is 12.8. The number of aromatic nitrogens is 1. The van der Waals surface area contributed by atoms with Crippen LogP contribution in [0.5, 0.6) is 0 Å². The number of H-pyrrole nitrogens is 1. The lowest BCUT2D eigenvalue weighted by Crippen LogP contribution is -2.00. The number of aliphatic hydroxyl groups excluding tert-OH is 1. The predicted molar refractivity (Wildman–Crippen MR) is 73.5 cm³/mol. The van der Waals surface area contributed by atoms with Crippen molar-refractivity contribution >= 4 is 10.9 Å². The van der Waals surface area contributed by atoms with Gasteiger partial charge in [0.1, 0.15) is 6.10 Å². The minimum absolute atomic E-state index is 0.579. The van der Waals surface area contributed by atoms with E-state index in [1.165, 1.54) is 0 Å². The van der Waals surface area contributed by atoms with Gasteiger partial charge in [-0.25, -0.2) is 0 Å². The highest BCUT2D eigenvalue weighted by Gasteiger charge is 2.13. The van der Waals surface area contributed by atoms with Crippen molar-refractivity contribution in [1.82, 2.24) is 4.98 Å². The molecular formula is C16H15NO. The molecule has 3 rings (SSSR count). The average molecular weight is 237 g/mol. The monoisotopic (exact) mass is 237 g/mol. The molecule has 0 fully saturated rings. The van der Waals surface area contributed by atoms with Gasteiger partial charge in [-0.05, 0) is 30.2 Å². The molecule has 0 amide bonds. The fraction of sp³-hybridized carbons (Fsp3) is 0.125. The lowest BCUT2D eigenvalue weighted by atomic mass is 9.97. The van der Waals surface area contributed by atoms with Crippen LogP contribution in [0.1, 0.15) is 22.8 Å². The van der Waals surface area contributed by atoms with Crippen LogP contribution < -0.4 is 0 Å². The molecule has 2 aromatic carbocycles. The van der Waals surface area contributed by atoms with Gasteiger partial charge in [0.2, 0.25) is 0 Å². The second kappa shape index (κ2) is 4.31. The fourth-order valence-corrected chi connectivity index (χ4v) is 2.37. The third-order valence-corrected chi connectivity index (χ3v) is 3.28. The van der Waals surface area contributed by atoms with Crippen LogP contribution >= 0.6 is 0 Å². The van der Waals surface area contributed by atoms with Crippen molar-refractivity contribution in [2.24, 2.45) is 0 Å². The Morgan fingerprint density at radius 3 is 2.72 bits per heavy atom. The third kappa shape index (κ3) is 1.81. The summed E-state index contributed by atoms with van der Waals surface area (Å²) in [4.78, 5) is 3.17. The van der Waals surface area contributed by atoms with Gasteiger partial charge in [0.05, 0.1) is 0 Å². The highest BCUT2D eigenvalue weighted by molar-refractivity contribution is 5.83. The molecule has 2 N–H and O–H groups in total. The molecule has 1 unspecified atom stereocenters. The van der Waals surface area contributed by atoms with E-state index in [9.17, 15) is 5.11 Å². The van der Waals surface area contributed by atoms with E-state index in [0.717, 1.165) is 27.6 Å². The van der Waals surface area contributed by atoms with Crippen LogP contribution in [-0.4, -0.2) is 10.1 Å². The molecule has 2 heteroatoms. The molecule has 2 nitrogen and oxygen atoms in total. The van der Waals surface area contributed by atoms with Crippen molar-refractivity contribution < 1.29 is 5.11 Å². The van der Waals surface area contributed by atoms with Gasteiger partial charge >= 0.3 is 0 Å². The number of aliphatic hydroxyl groups is 1. The highest BCUT2D eigenvalue weighted by Crippen LogP contribution is 2.28. The molecule has 1 atom stereocenters. The summed E-state index contributed by atoms with van der Waals surface area (Å²) in [5.41, 5.74) is 4.09. The number of fused-ring (bicyclic) bond motifs is 1. The molecule has 0 saturated carbocycles. The number of hydrogen-bond acceptors (Lipinski definition) is 1. The molecule has 0 aliphatic carbocycles. The highest BCUT2D eigenvalue weighted by atomic mass is 16.3. The lowest BCUT2D eigenvalue weighted by Gasteiger charge is -2.13. The summed E-state index contributed by atoms with van der Waals surface area (Å²) in [5, 5.41) is 11.6. The van der Waals surface area contributed by atoms with Gasteiger partial charge in [-0.2, -0.15) is 0 Å². The Balaban J connectivity index is 2.12. The largest absolute Gasteiger partial charge is 0.384 e. The summed E-state index contributed by atoms with van der Waals surface area (Å²) in [6, 6.07) is 16.0. The van der Waals surface area contributed by atoms with Crippen LogP contribution in [0.4, 0.5) is 0 Å². The SMILES string of the molecule is Cc1cccc(C(O)c2cccc3[nH]ccc23)c1. The molecule has 0 bridgehead atoms. The van der Waals surface area contributed by atoms with Gasteiger partial charge in [-0.3, -0.25) is 0 Å². The summed E-state index contributed by atoms with van der Waals surface area (Å²) in [5.74, 6) is 0. The Labute approximate surface area is 106 Å². The van der Waals surface area contributed by atoms with Gasteiger partial charge in [0.25, 0.3) is 0 Å². The number of rotatable bonds is 2. The Kier molecular flexibility index (Phi) is 2.65. The first-order valence-electron chi connectivity index (χ1n) is 6.06. The second-order valence-electron chi connectivity index (χ2n) is 4.60. The predicted octanol–water partition coefficient (Wildman–Crippen LogP) is 3.56. The first-order chi connectivity index (χ1) is 8.75. The number of nitrogens with one attached hydrogen (secondary N) is 1. The van der Waals surface area contributed by atoms with Crippen LogP contribution in [0.2, 0.25) is 0 Å². The van der Waals surface area contributed by atoms with Crippen molar-refractivity contribution in [3.05, 3.63) is 71.4 Å². The van der Waals surface area contributed by atoms with E-state index in [-0.39, 0.29) is 0 Å². The molecule has 90 valence electrons. The van der Waals surface area contributed by atoms with E-state index >= 15 is 0 Å². The summed E-state index contributed by atoms with van der Waals surface area (Å²) in [7, 11) is 0. The summed E-state index contributed by atoms with van der Waals surface area (Å²) in [6.45, 7) is 2.03. The van der Waals surface area contributed by atoms with Crippen molar-refractivity contribution in [1.29, 1.82) is 0 Å². The van der Waals surface area contributed by atoms with E-state index in [1.807, 2.05) is 61.7 Å². The number of aromatic amines is 1. The van der Waals surface area contributed by atoms with E-state index in [4.69, 9.17) is 0 Å². The van der Waals surface area contributed by atoms with Gasteiger partial charge in [-0.1, -0.05) is 42.0 Å². The maximum atomic E-state index is 10.5. The summed E-state index contributed by atoms with van der Waals surface area (Å²) in [6.07, 6.45) is 1.32. The minimum atomic E-state index is -0.579. The molecule has 0 aliphatic heterocycles. The van der Waals surface area contributed by atoms with E-state index in [2.05, 4.69) is 4.98 Å². The molecule has 0 saturated heterocycles. The van der Waals surface area contributed by atoms with Crippen molar-refractivity contribution in [3.8, 4) is 0 Å². The Bertz CT molecular complexity index is 684. The summed E-state index contributed by atoms with van der Waals surface area (Å²) < 4.78 is 0. The van der Waals surface area contributed by atoms with Crippen LogP contribution in [0.15, 0.2) is 54.7 Å². The molecule has 0 radical (unpaired) electrons. The molecule has 0 spiro atoms. The van der Waals surface area contributed by atoms with Crippen LogP contribution in [0, 0.1) is 6.92 Å². The van der Waals surface area contributed by atoms with Gasteiger partial charge < -0.3 is 10.1 Å². The van der Waals surface area contributed by atoms with Gasteiger partial charge in [0.15, 0.2) is 0 Å². The Morgan fingerprint density at radius 1 is 1.06 bits per heavy atom. The molecular weight excluding hydrogens is 222 g/mol. The fourth-order valence-electron chi connectivity index (χ4n) is 2.37. The van der Waals surface area contributed by atoms with Crippen molar-refractivity contribution in [2.75, 3.05) is 0 Å². The zero-order valence-electron chi connectivity index (χ0n) is 10.2. The molecule has 3 aromatic rings. The standard InChI is InChI=1S/C16H15NO/c1-11-4-2-5-12(10-11)16(18)14-6-3-7-15-13(14)8-9-17-15/h2-10,16-18H,1H3. The first-order valence-corrected chi connectivity index (χ1v) is 6.06. The molecule has 1 aromatic heterocycles. The number of aryl methyl sites for hydroxylation is 1. The number of benzene rings is 2. The van der Waals surface area contributed by atoms with E-state index < -0.39 is 6.10 Å². The molecule has 1 heterocycles. The number of hydrogen-bond donors (Lipinski definition) is 2. The maximum Gasteiger partial charge on any atom is 0.105 e. The van der Waals surface area contributed by atoms with E-state index in [1.54, 1.807) is 0 Å². The van der Waals surface area contributed by atoms with Crippen LogP contribution in [-0.2, 0) is 0 Å². The average Bonchev–Trinajstić information content (AvgIpc) is 2.86. The Hall–Kier alpha value is -2.06. The van der Waals surface area contributed by atoms with Crippen LogP contribution in [0.25, 0.3) is 10.9 Å². The quantitative estimate of drug-likeness (QED) is 0.702. The van der Waals surface area contributed by atoms with Gasteiger partial charge in [0, 0.05) is 17.1 Å². The third-order valence-electron chi connectivity index (χ3n) is 3.28. The smallest absolute Gasteiger partial charge is 0.105 e. The topological polar surface area (TPSA) is 36.0 Å².